The maximum absolute atomic E-state index is 11.8. The fourth-order valence-electron chi connectivity index (χ4n) is 1.20. The Balaban J connectivity index is 3.03. The van der Waals surface area contributed by atoms with Crippen LogP contribution in [-0.4, -0.2) is 26.7 Å². The summed E-state index contributed by atoms with van der Waals surface area (Å²) >= 11 is 0. The molecule has 0 bridgehead atoms. The van der Waals surface area contributed by atoms with Crippen LogP contribution in [0.5, 0.6) is 0 Å². The number of rotatable bonds is 4. The highest BCUT2D eigenvalue weighted by atomic mass is 16.4. The van der Waals surface area contributed by atoms with Crippen molar-refractivity contribution in [2.75, 3.05) is 5.32 Å². The Morgan fingerprint density at radius 2 is 2.12 bits per heavy atom. The lowest BCUT2D eigenvalue weighted by Crippen LogP contribution is -2.32. The van der Waals surface area contributed by atoms with Gasteiger partial charge >= 0.3 is 5.97 Å². The Kier molecular flexibility index (Phi) is 3.65. The number of carboxylic acids is 1. The van der Waals surface area contributed by atoms with E-state index in [4.69, 9.17) is 5.11 Å². The number of nitrogens with zero attached hydrogens (tertiary/aromatic N) is 2. The molecule has 16 heavy (non-hydrogen) atoms. The molecule has 1 aromatic rings. The number of nitrogens with one attached hydrogen (secondary N) is 1. The summed E-state index contributed by atoms with van der Waals surface area (Å²) in [6, 6.07) is -0.834. The molecule has 2 N–H and O–H groups in total. The number of hydrogen-bond acceptors (Lipinski definition) is 4. The molecule has 0 radical (unpaired) electrons. The quantitative estimate of drug-likeness (QED) is 0.788. The number of carboxylic acid groups (broad SMARTS) is 1. The molecular weight excluding hydrogens is 210 g/mol. The van der Waals surface area contributed by atoms with Gasteiger partial charge in [0.1, 0.15) is 6.04 Å². The normalized spacial score (nSPS) is 12.5. The number of carbonyl (C=O) groups is 1. The molecule has 88 valence electrons. The average molecular weight is 225 g/mol. The van der Waals surface area contributed by atoms with Crippen molar-refractivity contribution in [3.63, 3.8) is 0 Å². The van der Waals surface area contributed by atoms with Crippen molar-refractivity contribution < 1.29 is 9.90 Å². The predicted octanol–water partition coefficient (Wildman–Crippen LogP) is 0.709. The summed E-state index contributed by atoms with van der Waals surface area (Å²) in [6.45, 7) is 5.19. The van der Waals surface area contributed by atoms with E-state index < -0.39 is 12.0 Å². The largest absolute Gasteiger partial charge is 0.480 e. The van der Waals surface area contributed by atoms with Gasteiger partial charge in [-0.05, 0) is 20.8 Å². The van der Waals surface area contributed by atoms with Crippen LogP contribution in [-0.2, 0) is 4.79 Å². The second-order valence-electron chi connectivity index (χ2n) is 3.79. The number of hydrogen-bond donors (Lipinski definition) is 2. The summed E-state index contributed by atoms with van der Waals surface area (Å²) in [4.78, 5) is 26.3. The van der Waals surface area contributed by atoms with Crippen molar-refractivity contribution in [3.05, 3.63) is 22.7 Å². The first kappa shape index (κ1) is 12.2. The Hall–Kier alpha value is -1.85. The van der Waals surface area contributed by atoms with Gasteiger partial charge < -0.3 is 15.0 Å². The van der Waals surface area contributed by atoms with Gasteiger partial charge in [0.25, 0.3) is 5.56 Å². The molecule has 0 aliphatic rings. The summed E-state index contributed by atoms with van der Waals surface area (Å²) in [6.07, 6.45) is 3.04. The SMILES string of the molecule is CC(Nc1nccn(C(C)C)c1=O)C(=O)O. The second kappa shape index (κ2) is 4.78. The van der Waals surface area contributed by atoms with E-state index in [9.17, 15) is 9.59 Å². The number of aromatic nitrogens is 2. The van der Waals surface area contributed by atoms with Gasteiger partial charge in [-0.3, -0.25) is 9.59 Å². The number of aliphatic carboxylic acids is 1. The Labute approximate surface area is 92.9 Å². The summed E-state index contributed by atoms with van der Waals surface area (Å²) in [5.74, 6) is -0.966. The van der Waals surface area contributed by atoms with Crippen LogP contribution in [0.3, 0.4) is 0 Å². The first-order chi connectivity index (χ1) is 7.43. The molecule has 0 aromatic carbocycles. The van der Waals surface area contributed by atoms with Crippen LogP contribution in [0.2, 0.25) is 0 Å². The highest BCUT2D eigenvalue weighted by Gasteiger charge is 2.14. The van der Waals surface area contributed by atoms with Crippen LogP contribution >= 0.6 is 0 Å². The fourth-order valence-corrected chi connectivity index (χ4v) is 1.20. The van der Waals surface area contributed by atoms with Gasteiger partial charge in [0.2, 0.25) is 0 Å². The predicted molar refractivity (Wildman–Crippen MR) is 59.6 cm³/mol. The highest BCUT2D eigenvalue weighted by Crippen LogP contribution is 2.02. The fraction of sp³-hybridized carbons (Fsp3) is 0.500. The zero-order valence-electron chi connectivity index (χ0n) is 9.47. The maximum atomic E-state index is 11.8. The molecule has 1 heterocycles. The van der Waals surface area contributed by atoms with Crippen LogP contribution in [0.4, 0.5) is 5.82 Å². The molecule has 0 saturated heterocycles. The van der Waals surface area contributed by atoms with Crippen LogP contribution in [0, 0.1) is 0 Å². The Bertz CT molecular complexity index is 439. The average Bonchev–Trinajstić information content (AvgIpc) is 2.20. The third-order valence-corrected chi connectivity index (χ3v) is 2.15. The van der Waals surface area contributed by atoms with E-state index >= 15 is 0 Å². The van der Waals surface area contributed by atoms with Gasteiger partial charge in [-0.25, -0.2) is 4.98 Å². The van der Waals surface area contributed by atoms with Gasteiger partial charge in [-0.2, -0.15) is 0 Å². The van der Waals surface area contributed by atoms with Gasteiger partial charge in [0, 0.05) is 18.4 Å². The lowest BCUT2D eigenvalue weighted by Gasteiger charge is -2.13. The monoisotopic (exact) mass is 225 g/mol. The minimum absolute atomic E-state index is 0.0104. The van der Waals surface area contributed by atoms with E-state index in [-0.39, 0.29) is 17.4 Å². The molecular formula is C10H15N3O3. The Morgan fingerprint density at radius 1 is 1.50 bits per heavy atom. The van der Waals surface area contributed by atoms with E-state index in [0.29, 0.717) is 0 Å². The van der Waals surface area contributed by atoms with Crippen LogP contribution in [0.15, 0.2) is 17.2 Å². The standard InChI is InChI=1S/C10H15N3O3/c1-6(2)13-5-4-11-8(9(13)14)12-7(3)10(15)16/h4-7H,1-3H3,(H,11,12)(H,15,16). The second-order valence-corrected chi connectivity index (χ2v) is 3.79. The van der Waals surface area contributed by atoms with E-state index in [2.05, 4.69) is 10.3 Å². The van der Waals surface area contributed by atoms with Gasteiger partial charge in [-0.15, -0.1) is 0 Å². The molecule has 0 saturated carbocycles. The third kappa shape index (κ3) is 2.59. The molecule has 6 nitrogen and oxygen atoms in total. The van der Waals surface area contributed by atoms with Crippen LogP contribution in [0.25, 0.3) is 0 Å². The topological polar surface area (TPSA) is 84.2 Å². The highest BCUT2D eigenvalue weighted by molar-refractivity contribution is 5.76. The van der Waals surface area contributed by atoms with E-state index in [1.165, 1.54) is 17.7 Å². The smallest absolute Gasteiger partial charge is 0.325 e. The summed E-state index contributed by atoms with van der Waals surface area (Å²) in [7, 11) is 0. The molecule has 1 rings (SSSR count). The number of anilines is 1. The minimum atomic E-state index is -1.03. The molecule has 1 atom stereocenters. The van der Waals surface area contributed by atoms with Gasteiger partial charge in [-0.1, -0.05) is 0 Å². The summed E-state index contributed by atoms with van der Waals surface area (Å²) < 4.78 is 1.49. The van der Waals surface area contributed by atoms with Crippen molar-refractivity contribution in [1.29, 1.82) is 0 Å². The first-order valence-corrected chi connectivity index (χ1v) is 5.00. The molecule has 1 aromatic heterocycles. The molecule has 0 fully saturated rings. The first-order valence-electron chi connectivity index (χ1n) is 5.00. The van der Waals surface area contributed by atoms with Crippen molar-refractivity contribution in [1.82, 2.24) is 9.55 Å². The molecule has 0 amide bonds. The minimum Gasteiger partial charge on any atom is -0.480 e. The van der Waals surface area contributed by atoms with E-state index in [1.807, 2.05) is 13.8 Å². The van der Waals surface area contributed by atoms with Gasteiger partial charge in [0.15, 0.2) is 5.82 Å². The van der Waals surface area contributed by atoms with E-state index in [1.54, 1.807) is 6.20 Å². The van der Waals surface area contributed by atoms with Crippen LogP contribution < -0.4 is 10.9 Å². The van der Waals surface area contributed by atoms with Crippen molar-refractivity contribution in [2.45, 2.75) is 32.9 Å². The van der Waals surface area contributed by atoms with Crippen molar-refractivity contribution in [2.24, 2.45) is 0 Å². The lowest BCUT2D eigenvalue weighted by atomic mass is 10.3. The zero-order chi connectivity index (χ0) is 12.3. The van der Waals surface area contributed by atoms with Crippen molar-refractivity contribution in [3.8, 4) is 0 Å². The Morgan fingerprint density at radius 3 is 2.62 bits per heavy atom. The summed E-state index contributed by atoms with van der Waals surface area (Å²) in [5.41, 5.74) is -0.314. The molecule has 6 heteroatoms. The zero-order valence-corrected chi connectivity index (χ0v) is 9.47. The third-order valence-electron chi connectivity index (χ3n) is 2.15. The van der Waals surface area contributed by atoms with Crippen molar-refractivity contribution >= 4 is 11.8 Å². The molecule has 1 unspecified atom stereocenters. The van der Waals surface area contributed by atoms with Crippen LogP contribution in [0.1, 0.15) is 26.8 Å². The van der Waals surface area contributed by atoms with E-state index in [0.717, 1.165) is 0 Å². The van der Waals surface area contributed by atoms with Gasteiger partial charge in [0.05, 0.1) is 0 Å². The lowest BCUT2D eigenvalue weighted by molar-refractivity contribution is -0.137. The molecule has 0 aliphatic carbocycles. The molecule has 0 spiro atoms. The summed E-state index contributed by atoms with van der Waals surface area (Å²) in [5, 5.41) is 11.3. The maximum Gasteiger partial charge on any atom is 0.325 e. The molecule has 0 aliphatic heterocycles.